The van der Waals surface area contributed by atoms with Crippen LogP contribution in [-0.4, -0.2) is 62.2 Å². The van der Waals surface area contributed by atoms with Gasteiger partial charge in [-0.2, -0.15) is 0 Å². The molecule has 1 saturated heterocycles. The van der Waals surface area contributed by atoms with E-state index in [4.69, 9.17) is 0 Å². The molecule has 3 nitrogen and oxygen atoms in total. The summed E-state index contributed by atoms with van der Waals surface area (Å²) in [7, 11) is 4.39. The standard InChI is InChI=1S/C17H27N3/c1-19(2)15-8-10-20(13-15)11-9-18-17-12-16(17)14-6-4-3-5-7-14/h3-7,15-18H,8-13H2,1-2H3/t15-,16?,17+/m1/s1. The average Bonchev–Trinajstić information content (AvgIpc) is 3.07. The Morgan fingerprint density at radius 2 is 2.05 bits per heavy atom. The van der Waals surface area contributed by atoms with Crippen LogP contribution in [0.1, 0.15) is 24.3 Å². The lowest BCUT2D eigenvalue weighted by Crippen LogP contribution is -2.35. The van der Waals surface area contributed by atoms with Gasteiger partial charge in [0.25, 0.3) is 0 Å². The van der Waals surface area contributed by atoms with Crippen LogP contribution in [0.15, 0.2) is 30.3 Å². The topological polar surface area (TPSA) is 18.5 Å². The van der Waals surface area contributed by atoms with Gasteiger partial charge in [-0.1, -0.05) is 30.3 Å². The predicted octanol–water partition coefficient (Wildman–Crippen LogP) is 1.77. The molecule has 1 aromatic rings. The maximum atomic E-state index is 3.72. The molecule has 0 bridgehead atoms. The van der Waals surface area contributed by atoms with E-state index in [-0.39, 0.29) is 0 Å². The highest BCUT2D eigenvalue weighted by molar-refractivity contribution is 5.27. The molecule has 1 aromatic carbocycles. The van der Waals surface area contributed by atoms with Crippen molar-refractivity contribution in [1.29, 1.82) is 0 Å². The molecule has 2 aliphatic rings. The summed E-state index contributed by atoms with van der Waals surface area (Å²) in [5.74, 6) is 0.754. The molecule has 2 fully saturated rings. The molecular weight excluding hydrogens is 246 g/mol. The summed E-state index contributed by atoms with van der Waals surface area (Å²) in [5.41, 5.74) is 1.50. The van der Waals surface area contributed by atoms with E-state index >= 15 is 0 Å². The summed E-state index contributed by atoms with van der Waals surface area (Å²) in [6, 6.07) is 12.4. The molecule has 0 spiro atoms. The van der Waals surface area contributed by atoms with Gasteiger partial charge in [0.15, 0.2) is 0 Å². The highest BCUT2D eigenvalue weighted by Crippen LogP contribution is 2.40. The molecule has 3 rings (SSSR count). The van der Waals surface area contributed by atoms with Gasteiger partial charge in [-0.15, -0.1) is 0 Å². The molecule has 1 heterocycles. The summed E-state index contributed by atoms with van der Waals surface area (Å²) in [5, 5.41) is 3.72. The summed E-state index contributed by atoms with van der Waals surface area (Å²) in [6.07, 6.45) is 2.63. The maximum Gasteiger partial charge on any atom is 0.0229 e. The second-order valence-corrected chi connectivity index (χ2v) is 6.52. The van der Waals surface area contributed by atoms with E-state index in [0.29, 0.717) is 6.04 Å². The second-order valence-electron chi connectivity index (χ2n) is 6.52. The Labute approximate surface area is 123 Å². The maximum absolute atomic E-state index is 3.72. The normalized spacial score (nSPS) is 30.1. The summed E-state index contributed by atoms with van der Waals surface area (Å²) >= 11 is 0. The number of nitrogens with one attached hydrogen (secondary N) is 1. The number of nitrogens with zero attached hydrogens (tertiary/aromatic N) is 2. The molecule has 0 amide bonds. The van der Waals surface area contributed by atoms with Crippen molar-refractivity contribution in [2.45, 2.75) is 30.8 Å². The molecule has 20 heavy (non-hydrogen) atoms. The van der Waals surface area contributed by atoms with Crippen molar-refractivity contribution in [2.75, 3.05) is 40.3 Å². The third kappa shape index (κ3) is 3.40. The fourth-order valence-corrected chi connectivity index (χ4v) is 3.33. The monoisotopic (exact) mass is 273 g/mol. The fourth-order valence-electron chi connectivity index (χ4n) is 3.33. The Morgan fingerprint density at radius 1 is 1.25 bits per heavy atom. The van der Waals surface area contributed by atoms with Crippen molar-refractivity contribution in [3.05, 3.63) is 35.9 Å². The lowest BCUT2D eigenvalue weighted by atomic mass is 10.1. The second kappa shape index (κ2) is 6.25. The van der Waals surface area contributed by atoms with Crippen molar-refractivity contribution in [3.63, 3.8) is 0 Å². The molecule has 3 heteroatoms. The smallest absolute Gasteiger partial charge is 0.0229 e. The Morgan fingerprint density at radius 3 is 2.75 bits per heavy atom. The quantitative estimate of drug-likeness (QED) is 0.852. The van der Waals surface area contributed by atoms with E-state index in [1.54, 1.807) is 0 Å². The number of benzene rings is 1. The Bertz CT molecular complexity index is 418. The number of hydrogen-bond donors (Lipinski definition) is 1. The van der Waals surface area contributed by atoms with Gasteiger partial charge in [-0.05, 0) is 39.0 Å². The SMILES string of the molecule is CN(C)[C@@H]1CCN(CCN[C@H]2CC2c2ccccc2)C1. The van der Waals surface area contributed by atoms with Crippen molar-refractivity contribution in [2.24, 2.45) is 0 Å². The average molecular weight is 273 g/mol. The highest BCUT2D eigenvalue weighted by Gasteiger charge is 2.37. The fraction of sp³-hybridized carbons (Fsp3) is 0.647. The molecule has 1 unspecified atom stereocenters. The highest BCUT2D eigenvalue weighted by atomic mass is 15.2. The molecular formula is C17H27N3. The molecule has 1 aliphatic carbocycles. The molecule has 0 aromatic heterocycles. The Balaban J connectivity index is 1.34. The minimum absolute atomic E-state index is 0.713. The van der Waals surface area contributed by atoms with Gasteiger partial charge in [0.2, 0.25) is 0 Å². The first-order chi connectivity index (χ1) is 9.74. The molecule has 0 radical (unpaired) electrons. The number of rotatable bonds is 6. The van der Waals surface area contributed by atoms with Crippen molar-refractivity contribution >= 4 is 0 Å². The van der Waals surface area contributed by atoms with Gasteiger partial charge < -0.3 is 15.1 Å². The van der Waals surface area contributed by atoms with Gasteiger partial charge in [0, 0.05) is 37.6 Å². The van der Waals surface area contributed by atoms with Crippen molar-refractivity contribution in [3.8, 4) is 0 Å². The third-order valence-corrected chi connectivity index (χ3v) is 4.83. The Kier molecular flexibility index (Phi) is 4.39. The van der Waals surface area contributed by atoms with Crippen LogP contribution in [0.2, 0.25) is 0 Å². The first-order valence-corrected chi connectivity index (χ1v) is 7.91. The van der Waals surface area contributed by atoms with Crippen LogP contribution in [0.3, 0.4) is 0 Å². The van der Waals surface area contributed by atoms with Gasteiger partial charge in [0.1, 0.15) is 0 Å². The molecule has 3 atom stereocenters. The van der Waals surface area contributed by atoms with Crippen LogP contribution in [-0.2, 0) is 0 Å². The van der Waals surface area contributed by atoms with E-state index in [1.807, 2.05) is 0 Å². The van der Waals surface area contributed by atoms with Crippen LogP contribution in [0.25, 0.3) is 0 Å². The minimum atomic E-state index is 0.713. The largest absolute Gasteiger partial charge is 0.312 e. The van der Waals surface area contributed by atoms with Crippen LogP contribution < -0.4 is 5.32 Å². The van der Waals surface area contributed by atoms with E-state index in [2.05, 4.69) is 59.5 Å². The number of likely N-dealkylation sites (N-methyl/N-ethyl adjacent to an activating group) is 1. The summed E-state index contributed by atoms with van der Waals surface area (Å²) < 4.78 is 0. The number of hydrogen-bond acceptors (Lipinski definition) is 3. The van der Waals surface area contributed by atoms with Crippen LogP contribution in [0.5, 0.6) is 0 Å². The minimum Gasteiger partial charge on any atom is -0.312 e. The summed E-state index contributed by atoms with van der Waals surface area (Å²) in [4.78, 5) is 4.96. The zero-order valence-electron chi connectivity index (χ0n) is 12.8. The van der Waals surface area contributed by atoms with Gasteiger partial charge >= 0.3 is 0 Å². The molecule has 1 aliphatic heterocycles. The van der Waals surface area contributed by atoms with Crippen molar-refractivity contribution < 1.29 is 0 Å². The molecule has 1 N–H and O–H groups in total. The zero-order chi connectivity index (χ0) is 13.9. The van der Waals surface area contributed by atoms with E-state index in [9.17, 15) is 0 Å². The van der Waals surface area contributed by atoms with E-state index < -0.39 is 0 Å². The van der Waals surface area contributed by atoms with Crippen LogP contribution in [0.4, 0.5) is 0 Å². The lowest BCUT2D eigenvalue weighted by molar-refractivity contribution is 0.268. The van der Waals surface area contributed by atoms with Gasteiger partial charge in [-0.3, -0.25) is 0 Å². The Hall–Kier alpha value is -0.900. The third-order valence-electron chi connectivity index (χ3n) is 4.83. The van der Waals surface area contributed by atoms with E-state index in [1.165, 1.54) is 38.0 Å². The van der Waals surface area contributed by atoms with E-state index in [0.717, 1.165) is 18.5 Å². The first-order valence-electron chi connectivity index (χ1n) is 7.91. The molecule has 1 saturated carbocycles. The predicted molar refractivity (Wildman–Crippen MR) is 84.1 cm³/mol. The van der Waals surface area contributed by atoms with Gasteiger partial charge in [-0.25, -0.2) is 0 Å². The van der Waals surface area contributed by atoms with Crippen LogP contribution >= 0.6 is 0 Å². The molecule has 110 valence electrons. The van der Waals surface area contributed by atoms with Gasteiger partial charge in [0.05, 0.1) is 0 Å². The van der Waals surface area contributed by atoms with Crippen molar-refractivity contribution in [1.82, 2.24) is 15.1 Å². The zero-order valence-corrected chi connectivity index (χ0v) is 12.8. The first kappa shape index (κ1) is 14.1. The summed E-state index contributed by atoms with van der Waals surface area (Å²) in [6.45, 7) is 4.83. The number of likely N-dealkylation sites (tertiary alicyclic amines) is 1. The lowest BCUT2D eigenvalue weighted by Gasteiger charge is -2.20. The van der Waals surface area contributed by atoms with Crippen LogP contribution in [0, 0.1) is 0 Å².